The van der Waals surface area contributed by atoms with Gasteiger partial charge in [0.2, 0.25) is 0 Å². The van der Waals surface area contributed by atoms with Gasteiger partial charge in [-0.05, 0) is 55.3 Å². The van der Waals surface area contributed by atoms with Gasteiger partial charge in [-0.15, -0.1) is 16.4 Å². The van der Waals surface area contributed by atoms with Crippen LogP contribution in [-0.4, -0.2) is 17.2 Å². The molecule has 0 fully saturated rings. The van der Waals surface area contributed by atoms with Crippen molar-refractivity contribution in [1.82, 2.24) is 15.5 Å². The molecule has 29 heavy (non-hydrogen) atoms. The van der Waals surface area contributed by atoms with Crippen molar-refractivity contribution in [2.24, 2.45) is 0 Å². The van der Waals surface area contributed by atoms with Gasteiger partial charge in [-0.25, -0.2) is 0 Å². The molecule has 4 aromatic rings. The van der Waals surface area contributed by atoms with Gasteiger partial charge in [0.15, 0.2) is 5.82 Å². The van der Waals surface area contributed by atoms with Gasteiger partial charge >= 0.3 is 0 Å². The fraction of sp³-hybridized carbons (Fsp3) is 0.250. The van der Waals surface area contributed by atoms with Crippen LogP contribution in [0, 0.1) is 6.92 Å². The fourth-order valence-corrected chi connectivity index (χ4v) is 4.59. The number of fused-ring (bicyclic) bond motifs is 1. The molecular weight excluding hydrogens is 376 g/mol. The van der Waals surface area contributed by atoms with Crippen molar-refractivity contribution >= 4 is 27.9 Å². The topological polar surface area (TPSA) is 49.8 Å². The van der Waals surface area contributed by atoms with E-state index >= 15 is 0 Å². The first-order valence-corrected chi connectivity index (χ1v) is 10.8. The van der Waals surface area contributed by atoms with Crippen molar-refractivity contribution in [3.63, 3.8) is 0 Å². The highest BCUT2D eigenvalue weighted by atomic mass is 32.1. The Hall–Kier alpha value is -2.76. The lowest BCUT2D eigenvalue weighted by atomic mass is 10.1. The normalized spacial score (nSPS) is 11.1. The Morgan fingerprint density at radius 2 is 1.79 bits per heavy atom. The number of aryl methyl sites for hydroxylation is 2. The molecule has 0 saturated heterocycles. The van der Waals surface area contributed by atoms with E-state index in [1.54, 1.807) is 0 Å². The van der Waals surface area contributed by atoms with E-state index < -0.39 is 0 Å². The van der Waals surface area contributed by atoms with Crippen molar-refractivity contribution in [2.45, 2.75) is 33.4 Å². The van der Waals surface area contributed by atoms with Crippen molar-refractivity contribution in [3.8, 4) is 10.4 Å². The lowest BCUT2D eigenvalue weighted by Gasteiger charge is -2.10. The molecule has 2 aromatic carbocycles. The molecule has 4 nitrogen and oxygen atoms in total. The number of nitrogens with zero attached hydrogens (tertiary/aromatic N) is 2. The number of rotatable bonds is 7. The molecule has 2 heterocycles. The number of nitrogens with one attached hydrogen (secondary N) is 2. The molecule has 148 valence electrons. The van der Waals surface area contributed by atoms with E-state index in [9.17, 15) is 0 Å². The summed E-state index contributed by atoms with van der Waals surface area (Å²) >= 11 is 1.82. The van der Waals surface area contributed by atoms with E-state index in [1.807, 2.05) is 25.3 Å². The number of hydrogen-bond donors (Lipinski definition) is 2. The molecule has 0 unspecified atom stereocenters. The third-order valence-corrected chi connectivity index (χ3v) is 6.30. The summed E-state index contributed by atoms with van der Waals surface area (Å²) in [5.41, 5.74) is 4.89. The van der Waals surface area contributed by atoms with E-state index in [0.717, 1.165) is 41.8 Å². The lowest BCUT2D eigenvalue weighted by molar-refractivity contribution is 0.820. The van der Waals surface area contributed by atoms with Crippen molar-refractivity contribution in [1.29, 1.82) is 0 Å². The molecule has 0 atom stereocenters. The van der Waals surface area contributed by atoms with Crippen LogP contribution >= 0.6 is 11.3 Å². The largest absolute Gasteiger partial charge is 0.363 e. The second-order valence-corrected chi connectivity index (χ2v) is 8.34. The van der Waals surface area contributed by atoms with Gasteiger partial charge in [0.1, 0.15) is 0 Å². The summed E-state index contributed by atoms with van der Waals surface area (Å²) in [6.07, 6.45) is 1.01. The lowest BCUT2D eigenvalue weighted by Crippen LogP contribution is -2.05. The summed E-state index contributed by atoms with van der Waals surface area (Å²) in [6.45, 7) is 5.79. The molecule has 2 aromatic heterocycles. The highest BCUT2D eigenvalue weighted by molar-refractivity contribution is 7.15. The minimum Gasteiger partial charge on any atom is -0.363 e. The first-order valence-electron chi connectivity index (χ1n) is 10.0. The minimum absolute atomic E-state index is 0.738. The first kappa shape index (κ1) is 19.6. The highest BCUT2D eigenvalue weighted by Crippen LogP contribution is 2.32. The molecule has 0 aliphatic carbocycles. The van der Waals surface area contributed by atoms with Gasteiger partial charge in [0.25, 0.3) is 0 Å². The molecule has 0 spiro atoms. The fourth-order valence-electron chi connectivity index (χ4n) is 3.58. The van der Waals surface area contributed by atoms with Gasteiger partial charge in [-0.2, -0.15) is 5.10 Å². The number of aromatic nitrogens is 2. The Labute approximate surface area is 176 Å². The smallest absolute Gasteiger partial charge is 0.156 e. The molecule has 4 rings (SSSR count). The summed E-state index contributed by atoms with van der Waals surface area (Å²) in [5, 5.41) is 17.9. The average Bonchev–Trinajstić information content (AvgIpc) is 3.22. The zero-order valence-corrected chi connectivity index (χ0v) is 17.9. The van der Waals surface area contributed by atoms with E-state index in [2.05, 4.69) is 82.4 Å². The summed E-state index contributed by atoms with van der Waals surface area (Å²) in [4.78, 5) is 2.57. The van der Waals surface area contributed by atoms with Crippen LogP contribution < -0.4 is 10.6 Å². The Morgan fingerprint density at radius 3 is 2.62 bits per heavy atom. The SMILES string of the molecule is CCc1ccc2c(C)nnc(NCc3ccc(-c4ccccc4CNC)s3)c2c1. The van der Waals surface area contributed by atoms with Crippen LogP contribution in [0.3, 0.4) is 0 Å². The molecule has 0 radical (unpaired) electrons. The van der Waals surface area contributed by atoms with Crippen LogP contribution in [-0.2, 0) is 19.5 Å². The van der Waals surface area contributed by atoms with Gasteiger partial charge in [0.05, 0.1) is 12.2 Å². The first-order chi connectivity index (χ1) is 14.2. The number of benzene rings is 2. The Balaban J connectivity index is 1.57. The molecule has 0 aliphatic heterocycles. The Kier molecular flexibility index (Phi) is 5.88. The highest BCUT2D eigenvalue weighted by Gasteiger charge is 2.10. The van der Waals surface area contributed by atoms with Gasteiger partial charge in [-0.3, -0.25) is 0 Å². The Morgan fingerprint density at radius 1 is 0.931 bits per heavy atom. The molecule has 0 aliphatic rings. The monoisotopic (exact) mass is 402 g/mol. The molecule has 0 bridgehead atoms. The second kappa shape index (κ2) is 8.72. The predicted molar refractivity (Wildman–Crippen MR) is 123 cm³/mol. The van der Waals surface area contributed by atoms with Crippen LogP contribution in [0.2, 0.25) is 0 Å². The van der Waals surface area contributed by atoms with Crippen molar-refractivity contribution in [3.05, 3.63) is 76.3 Å². The van der Waals surface area contributed by atoms with E-state index in [4.69, 9.17) is 0 Å². The Bertz CT molecular complexity index is 1130. The maximum Gasteiger partial charge on any atom is 0.156 e. The van der Waals surface area contributed by atoms with Gasteiger partial charge in [-0.1, -0.05) is 43.3 Å². The summed E-state index contributed by atoms with van der Waals surface area (Å²) in [7, 11) is 1.98. The van der Waals surface area contributed by atoms with Gasteiger partial charge < -0.3 is 10.6 Å². The minimum atomic E-state index is 0.738. The standard InChI is InChI=1S/C24H26N4S/c1-4-17-9-11-20-16(2)27-28-24(22(20)13-17)26-15-19-10-12-23(29-19)21-8-6-5-7-18(21)14-25-3/h5-13,25H,4,14-15H2,1-3H3,(H,26,28). The zero-order valence-electron chi connectivity index (χ0n) is 17.1. The third kappa shape index (κ3) is 4.16. The van der Waals surface area contributed by atoms with Gasteiger partial charge in [0, 0.05) is 27.1 Å². The summed E-state index contributed by atoms with van der Waals surface area (Å²) in [6, 6.07) is 19.6. The zero-order chi connectivity index (χ0) is 20.2. The summed E-state index contributed by atoms with van der Waals surface area (Å²) < 4.78 is 0. The van der Waals surface area contributed by atoms with Crippen molar-refractivity contribution < 1.29 is 0 Å². The predicted octanol–water partition coefficient (Wildman–Crippen LogP) is 5.56. The van der Waals surface area contributed by atoms with Crippen molar-refractivity contribution in [2.75, 3.05) is 12.4 Å². The molecular formula is C24H26N4S. The number of hydrogen-bond acceptors (Lipinski definition) is 5. The maximum atomic E-state index is 4.44. The van der Waals surface area contributed by atoms with Crippen LogP contribution in [0.5, 0.6) is 0 Å². The summed E-state index contributed by atoms with van der Waals surface area (Å²) in [5.74, 6) is 0.853. The molecule has 5 heteroatoms. The van der Waals surface area contributed by atoms with E-state index in [0.29, 0.717) is 0 Å². The third-order valence-electron chi connectivity index (χ3n) is 5.18. The number of anilines is 1. The molecule has 0 amide bonds. The molecule has 2 N–H and O–H groups in total. The molecule has 0 saturated carbocycles. The average molecular weight is 403 g/mol. The van der Waals surface area contributed by atoms with Crippen LogP contribution in [0.1, 0.15) is 28.6 Å². The maximum absolute atomic E-state index is 4.44. The second-order valence-electron chi connectivity index (χ2n) is 7.17. The number of thiophene rings is 1. The quantitative estimate of drug-likeness (QED) is 0.425. The van der Waals surface area contributed by atoms with E-state index in [-0.39, 0.29) is 0 Å². The van der Waals surface area contributed by atoms with Crippen LogP contribution in [0.4, 0.5) is 5.82 Å². The van der Waals surface area contributed by atoms with E-state index in [1.165, 1.54) is 26.4 Å². The van der Waals surface area contributed by atoms with Crippen LogP contribution in [0.25, 0.3) is 21.2 Å². The van der Waals surface area contributed by atoms with Crippen LogP contribution in [0.15, 0.2) is 54.6 Å².